The van der Waals surface area contributed by atoms with Crippen LogP contribution in [0.25, 0.3) is 27.8 Å². The molecule has 0 unspecified atom stereocenters. The quantitative estimate of drug-likeness (QED) is 0.276. The summed E-state index contributed by atoms with van der Waals surface area (Å²) in [5.41, 5.74) is 3.61. The molecule has 5 atom stereocenters. The molecule has 5 rings (SSSR count). The van der Waals surface area contributed by atoms with E-state index in [1.165, 1.54) is 0 Å². The number of aromatic amines is 1. The number of H-pyrrole nitrogens is 1. The Balaban J connectivity index is 1.50. The molecule has 168 valence electrons. The highest BCUT2D eigenvalue weighted by Crippen LogP contribution is 2.24. The molecule has 1 aliphatic heterocycles. The minimum Gasteiger partial charge on any atom is -0.394 e. The summed E-state index contributed by atoms with van der Waals surface area (Å²) in [5.74, 6) is 5.76. The Morgan fingerprint density at radius 2 is 1.88 bits per heavy atom. The van der Waals surface area contributed by atoms with E-state index in [-0.39, 0.29) is 0 Å². The van der Waals surface area contributed by atoms with Crippen LogP contribution in [0.3, 0.4) is 0 Å². The number of rotatable bonds is 3. The standard InChI is InChI=1S/C23H21N5O5/c29-12-19-22(31)23(32)21(30)18(33-19)7-6-14-8-16(9-15-10-24-26-20(14)15)28-11-17(25-27-28)13-4-2-1-3-5-13/h1-5,8-11,18-19,21-23,29-32H,12H2,(H,24,26)/t18-,19-,21-,22-,23-/m1/s1. The van der Waals surface area contributed by atoms with Gasteiger partial charge in [-0.05, 0) is 12.1 Å². The summed E-state index contributed by atoms with van der Waals surface area (Å²) in [6, 6.07) is 13.4. The van der Waals surface area contributed by atoms with Crippen molar-refractivity contribution >= 4 is 10.9 Å². The van der Waals surface area contributed by atoms with E-state index in [1.54, 1.807) is 16.9 Å². The SMILES string of the molecule is OC[C@H]1O[C@H](C#Cc2cc(-n3cc(-c4ccccc4)nn3)cc3cn[nH]c23)[C@@H](O)[C@@H](O)[C@@H]1O. The molecule has 10 nitrogen and oxygen atoms in total. The van der Waals surface area contributed by atoms with Gasteiger partial charge < -0.3 is 25.2 Å². The lowest BCUT2D eigenvalue weighted by Crippen LogP contribution is -2.58. The van der Waals surface area contributed by atoms with Gasteiger partial charge in [0.25, 0.3) is 0 Å². The number of hydrogen-bond acceptors (Lipinski definition) is 8. The van der Waals surface area contributed by atoms with Gasteiger partial charge in [0.05, 0.1) is 35.8 Å². The van der Waals surface area contributed by atoms with E-state index in [2.05, 4.69) is 32.4 Å². The predicted octanol–water partition coefficient (Wildman–Crippen LogP) is 0.00450. The number of aromatic nitrogens is 5. The van der Waals surface area contributed by atoms with Crippen molar-refractivity contribution in [3.63, 3.8) is 0 Å². The molecule has 1 aliphatic rings. The Hall–Kier alpha value is -3.59. The van der Waals surface area contributed by atoms with Crippen LogP contribution in [0.5, 0.6) is 0 Å². The van der Waals surface area contributed by atoms with Crippen LogP contribution in [0.1, 0.15) is 5.56 Å². The number of fused-ring (bicyclic) bond motifs is 1. The van der Waals surface area contributed by atoms with Crippen molar-refractivity contribution < 1.29 is 25.2 Å². The third-order valence-corrected chi connectivity index (χ3v) is 5.60. The fraction of sp³-hybridized carbons (Fsp3) is 0.261. The van der Waals surface area contributed by atoms with Crippen molar-refractivity contribution in [2.45, 2.75) is 30.5 Å². The third kappa shape index (κ3) is 4.00. The number of aliphatic hydroxyl groups excluding tert-OH is 4. The van der Waals surface area contributed by atoms with Gasteiger partial charge in [0.15, 0.2) is 0 Å². The van der Waals surface area contributed by atoms with Crippen molar-refractivity contribution in [1.29, 1.82) is 0 Å². The number of nitrogens with zero attached hydrogens (tertiary/aromatic N) is 4. The lowest BCUT2D eigenvalue weighted by atomic mass is 9.95. The van der Waals surface area contributed by atoms with Gasteiger partial charge in [-0.1, -0.05) is 47.4 Å². The number of hydrogen-bond donors (Lipinski definition) is 5. The zero-order valence-electron chi connectivity index (χ0n) is 17.3. The zero-order valence-corrected chi connectivity index (χ0v) is 17.3. The van der Waals surface area contributed by atoms with E-state index in [0.29, 0.717) is 16.8 Å². The molecular formula is C23H21N5O5. The average molecular weight is 447 g/mol. The number of benzene rings is 2. The third-order valence-electron chi connectivity index (χ3n) is 5.60. The maximum Gasteiger partial charge on any atom is 0.147 e. The van der Waals surface area contributed by atoms with Crippen LogP contribution in [0.4, 0.5) is 0 Å². The minimum absolute atomic E-state index is 0.514. The smallest absolute Gasteiger partial charge is 0.147 e. The molecule has 4 aromatic rings. The van der Waals surface area contributed by atoms with Gasteiger partial charge in [0.2, 0.25) is 0 Å². The maximum absolute atomic E-state index is 10.3. The van der Waals surface area contributed by atoms with E-state index < -0.39 is 37.1 Å². The molecule has 10 heteroatoms. The molecule has 0 bridgehead atoms. The molecule has 2 aromatic heterocycles. The second-order valence-corrected chi connectivity index (χ2v) is 7.76. The molecule has 0 radical (unpaired) electrons. The largest absolute Gasteiger partial charge is 0.394 e. The van der Waals surface area contributed by atoms with Crippen molar-refractivity contribution in [3.8, 4) is 28.8 Å². The lowest BCUT2D eigenvalue weighted by molar-refractivity contribution is -0.214. The Morgan fingerprint density at radius 3 is 2.67 bits per heavy atom. The fourth-order valence-electron chi connectivity index (χ4n) is 3.77. The Bertz CT molecular complexity index is 1320. The molecule has 3 heterocycles. The van der Waals surface area contributed by atoms with Gasteiger partial charge in [-0.15, -0.1) is 5.10 Å². The Kier molecular flexibility index (Phi) is 5.63. The van der Waals surface area contributed by atoms with Gasteiger partial charge in [-0.3, -0.25) is 5.10 Å². The summed E-state index contributed by atoms with van der Waals surface area (Å²) < 4.78 is 7.11. The molecule has 0 amide bonds. The van der Waals surface area contributed by atoms with Gasteiger partial charge in [-0.2, -0.15) is 5.10 Å². The van der Waals surface area contributed by atoms with Crippen molar-refractivity contribution in [2.75, 3.05) is 6.61 Å². The summed E-state index contributed by atoms with van der Waals surface area (Å²) in [4.78, 5) is 0. The van der Waals surface area contributed by atoms with Crippen molar-refractivity contribution in [2.24, 2.45) is 0 Å². The van der Waals surface area contributed by atoms with E-state index in [1.807, 2.05) is 42.6 Å². The van der Waals surface area contributed by atoms with Crippen LogP contribution in [0.15, 0.2) is 54.9 Å². The molecule has 33 heavy (non-hydrogen) atoms. The molecular weight excluding hydrogens is 426 g/mol. The maximum atomic E-state index is 10.3. The van der Waals surface area contributed by atoms with Gasteiger partial charge in [0.1, 0.15) is 36.2 Å². The minimum atomic E-state index is -1.49. The van der Waals surface area contributed by atoms with Crippen LogP contribution < -0.4 is 0 Å². The van der Waals surface area contributed by atoms with E-state index in [4.69, 9.17) is 4.74 Å². The van der Waals surface area contributed by atoms with Crippen LogP contribution in [0.2, 0.25) is 0 Å². The second kappa shape index (κ2) is 8.74. The summed E-state index contributed by atoms with van der Waals surface area (Å²) >= 11 is 0. The highest BCUT2D eigenvalue weighted by Gasteiger charge is 2.42. The first-order valence-corrected chi connectivity index (χ1v) is 10.3. The highest BCUT2D eigenvalue weighted by molar-refractivity contribution is 5.86. The van der Waals surface area contributed by atoms with E-state index in [9.17, 15) is 20.4 Å². The zero-order chi connectivity index (χ0) is 22.9. The van der Waals surface area contributed by atoms with Crippen LogP contribution in [-0.2, 0) is 4.74 Å². The van der Waals surface area contributed by atoms with Crippen molar-refractivity contribution in [1.82, 2.24) is 25.2 Å². The normalized spacial score (nSPS) is 25.0. The first-order valence-electron chi connectivity index (χ1n) is 10.3. The molecule has 0 spiro atoms. The fourth-order valence-corrected chi connectivity index (χ4v) is 3.77. The monoisotopic (exact) mass is 447 g/mol. The summed E-state index contributed by atoms with van der Waals surface area (Å²) in [5, 5.41) is 55.8. The number of aliphatic hydroxyl groups is 4. The Morgan fingerprint density at radius 1 is 1.06 bits per heavy atom. The van der Waals surface area contributed by atoms with Crippen LogP contribution >= 0.6 is 0 Å². The predicted molar refractivity (Wildman–Crippen MR) is 117 cm³/mol. The van der Waals surface area contributed by atoms with E-state index in [0.717, 1.165) is 16.6 Å². The average Bonchev–Trinajstić information content (AvgIpc) is 3.52. The lowest BCUT2D eigenvalue weighted by Gasteiger charge is -2.37. The van der Waals surface area contributed by atoms with Crippen LogP contribution in [0, 0.1) is 11.8 Å². The molecule has 1 fully saturated rings. The first-order chi connectivity index (χ1) is 16.0. The highest BCUT2D eigenvalue weighted by atomic mass is 16.5. The Labute approximate surface area is 188 Å². The molecule has 0 aliphatic carbocycles. The first kappa shape index (κ1) is 21.3. The van der Waals surface area contributed by atoms with E-state index >= 15 is 0 Å². The molecule has 0 saturated carbocycles. The van der Waals surface area contributed by atoms with Gasteiger partial charge >= 0.3 is 0 Å². The molecule has 5 N–H and O–H groups in total. The molecule has 2 aromatic carbocycles. The van der Waals surface area contributed by atoms with Crippen LogP contribution in [-0.4, -0.2) is 82.7 Å². The number of ether oxygens (including phenoxy) is 1. The summed E-state index contributed by atoms with van der Waals surface area (Å²) in [7, 11) is 0. The second-order valence-electron chi connectivity index (χ2n) is 7.76. The van der Waals surface area contributed by atoms with Gasteiger partial charge in [-0.25, -0.2) is 4.68 Å². The summed E-state index contributed by atoms with van der Waals surface area (Å²) in [6.07, 6.45) is -3.00. The summed E-state index contributed by atoms with van der Waals surface area (Å²) in [6.45, 7) is -0.514. The topological polar surface area (TPSA) is 150 Å². The van der Waals surface area contributed by atoms with Crippen molar-refractivity contribution in [3.05, 3.63) is 60.4 Å². The number of nitrogens with one attached hydrogen (secondary N) is 1. The molecule has 1 saturated heterocycles. The van der Waals surface area contributed by atoms with Gasteiger partial charge in [0, 0.05) is 10.9 Å².